The van der Waals surface area contributed by atoms with Crippen LogP contribution in [0.5, 0.6) is 0 Å². The van der Waals surface area contributed by atoms with E-state index in [1.807, 2.05) is 11.7 Å². The van der Waals surface area contributed by atoms with Crippen LogP contribution in [-0.4, -0.2) is 46.8 Å². The molecule has 2 heterocycles. The van der Waals surface area contributed by atoms with Gasteiger partial charge in [-0.3, -0.25) is 9.67 Å². The predicted octanol–water partition coefficient (Wildman–Crippen LogP) is 2.42. The molecule has 0 atom stereocenters. The van der Waals surface area contributed by atoms with E-state index in [1.165, 1.54) is 43.5 Å². The molecule has 0 bridgehead atoms. The molecular formula is C18H31N5. The summed E-state index contributed by atoms with van der Waals surface area (Å²) < 4.78 is 1.97. The van der Waals surface area contributed by atoms with Gasteiger partial charge in [-0.2, -0.15) is 5.10 Å². The average molecular weight is 317 g/mol. The minimum Gasteiger partial charge on any atom is -0.357 e. The van der Waals surface area contributed by atoms with E-state index in [1.54, 1.807) is 0 Å². The van der Waals surface area contributed by atoms with Gasteiger partial charge in [0.1, 0.15) is 0 Å². The summed E-state index contributed by atoms with van der Waals surface area (Å²) in [4.78, 5) is 7.38. The second kappa shape index (κ2) is 6.54. The lowest BCUT2D eigenvalue weighted by molar-refractivity contribution is 0.151. The Balaban J connectivity index is 1.63. The fourth-order valence-corrected chi connectivity index (χ4v) is 4.08. The van der Waals surface area contributed by atoms with Crippen LogP contribution in [0.4, 0.5) is 0 Å². The number of likely N-dealkylation sites (tertiary alicyclic amines) is 1. The summed E-state index contributed by atoms with van der Waals surface area (Å²) in [5.41, 5.74) is 4.37. The number of aromatic nitrogens is 2. The van der Waals surface area contributed by atoms with E-state index in [9.17, 15) is 0 Å². The molecule has 1 saturated heterocycles. The summed E-state index contributed by atoms with van der Waals surface area (Å²) in [5.74, 6) is 1.11. The molecule has 2 fully saturated rings. The smallest absolute Gasteiger partial charge is 0.193 e. The molecule has 0 aromatic carbocycles. The van der Waals surface area contributed by atoms with Crippen molar-refractivity contribution in [2.45, 2.75) is 52.9 Å². The fraction of sp³-hybridized carbons (Fsp3) is 0.778. The number of guanidine groups is 1. The van der Waals surface area contributed by atoms with Crippen molar-refractivity contribution in [3.63, 3.8) is 0 Å². The van der Waals surface area contributed by atoms with E-state index in [0.717, 1.165) is 37.7 Å². The lowest BCUT2D eigenvalue weighted by Crippen LogP contribution is -2.42. The van der Waals surface area contributed by atoms with Crippen LogP contribution in [0.25, 0.3) is 0 Å². The Hall–Kier alpha value is -1.52. The van der Waals surface area contributed by atoms with Crippen LogP contribution in [-0.2, 0) is 13.5 Å². The average Bonchev–Trinajstić information content (AvgIpc) is 3.03. The van der Waals surface area contributed by atoms with Gasteiger partial charge < -0.3 is 10.2 Å². The third kappa shape index (κ3) is 3.24. The molecular weight excluding hydrogens is 286 g/mol. The first-order valence-electron chi connectivity index (χ1n) is 9.07. The molecule has 23 heavy (non-hydrogen) atoms. The lowest BCUT2D eigenvalue weighted by Gasteiger charge is -2.38. The van der Waals surface area contributed by atoms with Gasteiger partial charge in [0.2, 0.25) is 0 Å². The van der Waals surface area contributed by atoms with Crippen molar-refractivity contribution < 1.29 is 0 Å². The van der Waals surface area contributed by atoms with Crippen molar-refractivity contribution in [1.82, 2.24) is 20.0 Å². The molecule has 0 unspecified atom stereocenters. The first-order valence-corrected chi connectivity index (χ1v) is 9.07. The number of aliphatic imine (C=N–C) groups is 1. The predicted molar refractivity (Wildman–Crippen MR) is 94.8 cm³/mol. The number of aryl methyl sites for hydroxylation is 2. The van der Waals surface area contributed by atoms with E-state index < -0.39 is 0 Å². The maximum absolute atomic E-state index is 4.90. The maximum Gasteiger partial charge on any atom is 0.193 e. The number of rotatable bonds is 4. The Morgan fingerprint density at radius 3 is 2.61 bits per heavy atom. The highest BCUT2D eigenvalue weighted by atomic mass is 15.3. The molecule has 5 nitrogen and oxygen atoms in total. The lowest BCUT2D eigenvalue weighted by atomic mass is 9.68. The van der Waals surface area contributed by atoms with Crippen LogP contribution < -0.4 is 5.32 Å². The maximum atomic E-state index is 4.90. The van der Waals surface area contributed by atoms with Gasteiger partial charge >= 0.3 is 0 Å². The monoisotopic (exact) mass is 317 g/mol. The minimum absolute atomic E-state index is 0.618. The van der Waals surface area contributed by atoms with Gasteiger partial charge in [0.15, 0.2) is 5.96 Å². The first-order chi connectivity index (χ1) is 11.0. The standard InChI is InChI=1S/C18H31N5/c1-5-19-17(23-12-10-18(13-23)8-6-9-18)20-11-7-16-14(2)21-22(4)15(16)3/h5-13H2,1-4H3,(H,19,20). The van der Waals surface area contributed by atoms with E-state index in [4.69, 9.17) is 4.99 Å². The number of hydrogen-bond donors (Lipinski definition) is 1. The Bertz CT molecular complexity index is 582. The third-order valence-electron chi connectivity index (χ3n) is 5.77. The molecule has 1 aliphatic carbocycles. The topological polar surface area (TPSA) is 45.5 Å². The molecule has 1 aromatic rings. The van der Waals surface area contributed by atoms with E-state index in [2.05, 4.69) is 36.1 Å². The zero-order valence-electron chi connectivity index (χ0n) is 15.2. The van der Waals surface area contributed by atoms with Gasteiger partial charge in [0.25, 0.3) is 0 Å². The van der Waals surface area contributed by atoms with Crippen molar-refractivity contribution in [3.8, 4) is 0 Å². The van der Waals surface area contributed by atoms with Gasteiger partial charge in [-0.15, -0.1) is 0 Å². The highest BCUT2D eigenvalue weighted by Crippen LogP contribution is 2.47. The van der Waals surface area contributed by atoms with E-state index in [0.29, 0.717) is 5.41 Å². The molecule has 0 radical (unpaired) electrons. The molecule has 1 aliphatic heterocycles. The summed E-state index contributed by atoms with van der Waals surface area (Å²) in [5, 5.41) is 7.99. The summed E-state index contributed by atoms with van der Waals surface area (Å²) in [6.07, 6.45) is 6.56. The Morgan fingerprint density at radius 1 is 1.30 bits per heavy atom. The highest BCUT2D eigenvalue weighted by Gasteiger charge is 2.43. The fourth-order valence-electron chi connectivity index (χ4n) is 4.08. The summed E-state index contributed by atoms with van der Waals surface area (Å²) in [7, 11) is 2.02. The molecule has 0 amide bonds. The van der Waals surface area contributed by atoms with Crippen molar-refractivity contribution in [2.24, 2.45) is 17.5 Å². The van der Waals surface area contributed by atoms with Crippen LogP contribution in [0.1, 0.15) is 49.6 Å². The normalized spacial score (nSPS) is 20.2. The Morgan fingerprint density at radius 2 is 2.09 bits per heavy atom. The Labute approximate surface area is 140 Å². The molecule has 2 aliphatic rings. The molecule has 128 valence electrons. The SMILES string of the molecule is CCNC(=NCCc1c(C)nn(C)c1C)N1CCC2(CCC2)C1. The van der Waals surface area contributed by atoms with Crippen LogP contribution in [0.3, 0.4) is 0 Å². The number of hydrogen-bond acceptors (Lipinski definition) is 2. The molecule has 1 spiro atoms. The highest BCUT2D eigenvalue weighted by molar-refractivity contribution is 5.80. The summed E-state index contributed by atoms with van der Waals surface area (Å²) in [6, 6.07) is 0. The van der Waals surface area contributed by atoms with Crippen molar-refractivity contribution >= 4 is 5.96 Å². The van der Waals surface area contributed by atoms with Crippen molar-refractivity contribution in [1.29, 1.82) is 0 Å². The van der Waals surface area contributed by atoms with Gasteiger partial charge in [0.05, 0.1) is 5.69 Å². The molecule has 3 rings (SSSR count). The zero-order valence-corrected chi connectivity index (χ0v) is 15.2. The van der Waals surface area contributed by atoms with Gasteiger partial charge in [-0.05, 0) is 57.4 Å². The van der Waals surface area contributed by atoms with Crippen LogP contribution >= 0.6 is 0 Å². The van der Waals surface area contributed by atoms with Crippen LogP contribution in [0.2, 0.25) is 0 Å². The van der Waals surface area contributed by atoms with Crippen molar-refractivity contribution in [3.05, 3.63) is 17.0 Å². The second-order valence-electron chi connectivity index (χ2n) is 7.28. The number of nitrogens with zero attached hydrogens (tertiary/aromatic N) is 4. The van der Waals surface area contributed by atoms with E-state index >= 15 is 0 Å². The quantitative estimate of drug-likeness (QED) is 0.685. The third-order valence-corrected chi connectivity index (χ3v) is 5.77. The van der Waals surface area contributed by atoms with Crippen LogP contribution in [0.15, 0.2) is 4.99 Å². The van der Waals surface area contributed by atoms with E-state index in [-0.39, 0.29) is 0 Å². The molecule has 1 aromatic heterocycles. The molecule has 5 heteroatoms. The zero-order chi connectivity index (χ0) is 16.4. The summed E-state index contributed by atoms with van der Waals surface area (Å²) >= 11 is 0. The van der Waals surface area contributed by atoms with Crippen molar-refractivity contribution in [2.75, 3.05) is 26.2 Å². The second-order valence-corrected chi connectivity index (χ2v) is 7.28. The molecule has 1 N–H and O–H groups in total. The Kier molecular flexibility index (Phi) is 4.64. The first kappa shape index (κ1) is 16.3. The number of nitrogens with one attached hydrogen (secondary N) is 1. The van der Waals surface area contributed by atoms with Crippen LogP contribution in [0, 0.1) is 19.3 Å². The molecule has 1 saturated carbocycles. The van der Waals surface area contributed by atoms with Gasteiger partial charge in [0, 0.05) is 38.9 Å². The van der Waals surface area contributed by atoms with Gasteiger partial charge in [-0.25, -0.2) is 0 Å². The summed E-state index contributed by atoms with van der Waals surface area (Å²) in [6.45, 7) is 10.5. The van der Waals surface area contributed by atoms with Gasteiger partial charge in [-0.1, -0.05) is 6.42 Å². The minimum atomic E-state index is 0.618. The largest absolute Gasteiger partial charge is 0.357 e.